The Kier molecular flexibility index (Phi) is 7.70. The number of rotatable bonds is 5. The van der Waals surface area contributed by atoms with Crippen molar-refractivity contribution in [3.8, 4) is 50.2 Å². The van der Waals surface area contributed by atoms with Crippen LogP contribution >= 0.6 is 0 Å². The number of hydrogen-bond acceptors (Lipinski definition) is 1. The summed E-state index contributed by atoms with van der Waals surface area (Å²) in [6.45, 7) is 4.75. The van der Waals surface area contributed by atoms with E-state index in [0.717, 1.165) is 11.4 Å². The Morgan fingerprint density at radius 1 is 0.364 bits per heavy atom. The molecule has 1 spiro atoms. The predicted octanol–water partition coefficient (Wildman–Crippen LogP) is 16.6. The highest BCUT2D eigenvalue weighted by Crippen LogP contribution is 2.62. The van der Waals surface area contributed by atoms with E-state index >= 15 is 0 Å². The van der Waals surface area contributed by atoms with Crippen LogP contribution in [0.5, 0.6) is 0 Å². The second-order valence-electron chi connectivity index (χ2n) is 18.8. The number of hydrogen-bond donors (Lipinski definition) is 0. The van der Waals surface area contributed by atoms with Crippen molar-refractivity contribution < 1.29 is 0 Å². The van der Waals surface area contributed by atoms with E-state index < -0.39 is 5.41 Å². The zero-order valence-electron chi connectivity index (χ0n) is 36.8. The lowest BCUT2D eigenvalue weighted by molar-refractivity contribution is 0.660. The van der Waals surface area contributed by atoms with Gasteiger partial charge in [0, 0.05) is 33.0 Å². The lowest BCUT2D eigenvalue weighted by atomic mass is 9.65. The summed E-state index contributed by atoms with van der Waals surface area (Å²) in [5.74, 6) is 0. The lowest BCUT2D eigenvalue weighted by Gasteiger charge is -2.39. The van der Waals surface area contributed by atoms with Crippen LogP contribution in [0.2, 0.25) is 0 Å². The summed E-state index contributed by atoms with van der Waals surface area (Å²) in [6, 6.07) is 86.4. The van der Waals surface area contributed by atoms with Gasteiger partial charge < -0.3 is 9.47 Å². The van der Waals surface area contributed by atoms with Crippen LogP contribution in [0.25, 0.3) is 72.0 Å². The van der Waals surface area contributed by atoms with Gasteiger partial charge in [-0.3, -0.25) is 0 Å². The molecule has 2 heterocycles. The monoisotopic (exact) mass is 840 g/mol. The van der Waals surface area contributed by atoms with Crippen molar-refractivity contribution in [2.45, 2.75) is 24.7 Å². The molecular weight excluding hydrogens is 797 g/mol. The van der Waals surface area contributed by atoms with Crippen LogP contribution < -0.4 is 4.90 Å². The molecule has 2 nitrogen and oxygen atoms in total. The molecule has 2 heteroatoms. The van der Waals surface area contributed by atoms with Crippen LogP contribution in [0, 0.1) is 0 Å². The van der Waals surface area contributed by atoms with Crippen LogP contribution in [0.1, 0.15) is 47.2 Å². The standard InChI is InChI=1S/C64H44N2/c1-63(2)51-28-10-7-26-50(51)61-54(63)31-18-36-60(61)65(44-22-16-21-42(39-44)41-19-4-3-5-20-41)57-33-13-8-23-45(57)43-37-38-47-46-24-6-11-29-52(46)64(56(47)40-43)53-30-12-15-35-59(53)66-58-34-14-9-25-48(58)49-27-17-32-55(64)62(49)66/h3-40H,1-2H3. The van der Waals surface area contributed by atoms with Gasteiger partial charge in [0.2, 0.25) is 0 Å². The Hall–Kier alpha value is -8.20. The first-order chi connectivity index (χ1) is 32.5. The van der Waals surface area contributed by atoms with Gasteiger partial charge in [0.15, 0.2) is 0 Å². The maximum atomic E-state index is 2.54. The van der Waals surface area contributed by atoms with Crippen molar-refractivity contribution in [3.63, 3.8) is 0 Å². The molecule has 0 saturated carbocycles. The van der Waals surface area contributed by atoms with Crippen molar-refractivity contribution in [3.05, 3.63) is 264 Å². The molecule has 1 aliphatic heterocycles. The first-order valence-electron chi connectivity index (χ1n) is 23.2. The van der Waals surface area contributed by atoms with Gasteiger partial charge >= 0.3 is 0 Å². The Balaban J connectivity index is 1.04. The first kappa shape index (κ1) is 37.2. The molecule has 66 heavy (non-hydrogen) atoms. The fourth-order valence-electron chi connectivity index (χ4n) is 12.4. The van der Waals surface area contributed by atoms with E-state index in [0.29, 0.717) is 0 Å². The summed E-state index contributed by atoms with van der Waals surface area (Å²) < 4.78 is 2.53. The van der Waals surface area contributed by atoms with Gasteiger partial charge in [-0.2, -0.15) is 0 Å². The third-order valence-corrected chi connectivity index (χ3v) is 15.2. The van der Waals surface area contributed by atoms with Gasteiger partial charge in [-0.05, 0) is 109 Å². The Morgan fingerprint density at radius 2 is 0.970 bits per heavy atom. The molecule has 11 aromatic rings. The normalized spacial score (nSPS) is 15.6. The average molecular weight is 841 g/mol. The molecule has 0 fully saturated rings. The summed E-state index contributed by atoms with van der Waals surface area (Å²) >= 11 is 0. The van der Waals surface area contributed by atoms with E-state index in [1.54, 1.807) is 0 Å². The number of nitrogens with zero attached hydrogens (tertiary/aromatic N) is 2. The first-order valence-corrected chi connectivity index (χ1v) is 23.2. The van der Waals surface area contributed by atoms with Crippen molar-refractivity contribution in [1.29, 1.82) is 0 Å². The van der Waals surface area contributed by atoms with Gasteiger partial charge in [-0.1, -0.05) is 202 Å². The summed E-state index contributed by atoms with van der Waals surface area (Å²) in [7, 11) is 0. The van der Waals surface area contributed by atoms with E-state index in [-0.39, 0.29) is 5.41 Å². The van der Waals surface area contributed by atoms with Gasteiger partial charge in [-0.25, -0.2) is 0 Å². The highest BCUT2D eigenvalue weighted by molar-refractivity contribution is 6.13. The van der Waals surface area contributed by atoms with Crippen LogP contribution in [-0.2, 0) is 10.8 Å². The Labute approximate surface area is 385 Å². The number of aromatic nitrogens is 1. The Bertz CT molecular complexity index is 3810. The molecule has 310 valence electrons. The molecule has 1 atom stereocenters. The molecular formula is C64H44N2. The molecule has 0 saturated heterocycles. The fraction of sp³-hybridized carbons (Fsp3) is 0.0625. The quantitative estimate of drug-likeness (QED) is 0.168. The van der Waals surface area contributed by atoms with Gasteiger partial charge in [0.25, 0.3) is 0 Å². The molecule has 2 aliphatic carbocycles. The minimum absolute atomic E-state index is 0.146. The number of anilines is 3. The largest absolute Gasteiger partial charge is 0.309 e. The topological polar surface area (TPSA) is 8.17 Å². The molecule has 0 amide bonds. The molecule has 14 rings (SSSR count). The summed E-state index contributed by atoms with van der Waals surface area (Å²) in [5.41, 5.74) is 24.4. The van der Waals surface area contributed by atoms with Crippen LogP contribution in [-0.4, -0.2) is 4.57 Å². The van der Waals surface area contributed by atoms with Gasteiger partial charge in [-0.15, -0.1) is 0 Å². The van der Waals surface area contributed by atoms with Crippen molar-refractivity contribution >= 4 is 38.9 Å². The highest BCUT2D eigenvalue weighted by atomic mass is 15.1. The molecule has 1 aromatic heterocycles. The Morgan fingerprint density at radius 3 is 1.85 bits per heavy atom. The van der Waals surface area contributed by atoms with Crippen LogP contribution in [0.3, 0.4) is 0 Å². The molecule has 1 unspecified atom stereocenters. The third-order valence-electron chi connectivity index (χ3n) is 15.2. The lowest BCUT2D eigenvalue weighted by Crippen LogP contribution is -2.33. The second kappa shape index (κ2) is 13.7. The van der Waals surface area contributed by atoms with E-state index in [1.807, 2.05) is 0 Å². The van der Waals surface area contributed by atoms with Crippen molar-refractivity contribution in [2.24, 2.45) is 0 Å². The third kappa shape index (κ3) is 4.85. The van der Waals surface area contributed by atoms with Crippen molar-refractivity contribution in [1.82, 2.24) is 4.57 Å². The number of benzene rings is 10. The minimum Gasteiger partial charge on any atom is -0.309 e. The minimum atomic E-state index is -0.545. The number of fused-ring (bicyclic) bond motifs is 15. The number of para-hydroxylation sites is 4. The van der Waals surface area contributed by atoms with Crippen LogP contribution in [0.15, 0.2) is 231 Å². The zero-order valence-corrected chi connectivity index (χ0v) is 36.8. The average Bonchev–Trinajstić information content (AvgIpc) is 3.96. The summed E-state index contributed by atoms with van der Waals surface area (Å²) in [4.78, 5) is 2.53. The predicted molar refractivity (Wildman–Crippen MR) is 275 cm³/mol. The maximum Gasteiger partial charge on any atom is 0.0754 e. The van der Waals surface area contributed by atoms with Gasteiger partial charge in [0.05, 0.1) is 33.5 Å². The summed E-state index contributed by atoms with van der Waals surface area (Å²) in [5, 5.41) is 2.57. The second-order valence-corrected chi connectivity index (χ2v) is 18.8. The molecule has 0 radical (unpaired) electrons. The summed E-state index contributed by atoms with van der Waals surface area (Å²) in [6.07, 6.45) is 0. The van der Waals surface area contributed by atoms with Crippen molar-refractivity contribution in [2.75, 3.05) is 4.90 Å². The van der Waals surface area contributed by atoms with E-state index in [9.17, 15) is 0 Å². The zero-order chi connectivity index (χ0) is 43.7. The van der Waals surface area contributed by atoms with Crippen LogP contribution in [0.4, 0.5) is 17.1 Å². The highest BCUT2D eigenvalue weighted by Gasteiger charge is 2.51. The van der Waals surface area contributed by atoms with Gasteiger partial charge in [0.1, 0.15) is 0 Å². The molecule has 0 N–H and O–H groups in total. The van der Waals surface area contributed by atoms with E-state index in [4.69, 9.17) is 0 Å². The fourth-order valence-corrected chi connectivity index (χ4v) is 12.4. The molecule has 3 aliphatic rings. The SMILES string of the molecule is CC1(C)c2ccccc2-c2c(N(c3cccc(-c4ccccc4)c3)c3ccccc3-c3ccc4c(c3)C3(c5ccccc5-4)c4ccccc4-n4c5ccccc5c5cccc3c54)cccc21. The maximum absolute atomic E-state index is 2.54. The van der Waals surface area contributed by atoms with E-state index in [2.05, 4.69) is 254 Å². The van der Waals surface area contributed by atoms with E-state index in [1.165, 1.54) is 111 Å². The molecule has 0 bridgehead atoms. The molecule has 10 aromatic carbocycles. The smallest absolute Gasteiger partial charge is 0.0754 e.